The van der Waals surface area contributed by atoms with Gasteiger partial charge in [0.15, 0.2) is 0 Å². The highest BCUT2D eigenvalue weighted by atomic mass is 16.4. The second-order valence-electron chi connectivity index (χ2n) is 11.6. The van der Waals surface area contributed by atoms with Crippen molar-refractivity contribution < 1.29 is 29.1 Å². The van der Waals surface area contributed by atoms with Crippen molar-refractivity contribution in [2.24, 2.45) is 5.73 Å². The summed E-state index contributed by atoms with van der Waals surface area (Å²) < 4.78 is 1.68. The van der Waals surface area contributed by atoms with Gasteiger partial charge in [-0.15, -0.1) is 5.10 Å². The van der Waals surface area contributed by atoms with Crippen LogP contribution >= 0.6 is 0 Å². The molecule has 14 nitrogen and oxygen atoms in total. The van der Waals surface area contributed by atoms with Crippen molar-refractivity contribution in [2.75, 3.05) is 6.54 Å². The predicted molar refractivity (Wildman–Crippen MR) is 159 cm³/mol. The van der Waals surface area contributed by atoms with Crippen molar-refractivity contribution in [3.8, 4) is 0 Å². The zero-order valence-electron chi connectivity index (χ0n) is 25.0. The van der Waals surface area contributed by atoms with E-state index in [1.807, 2.05) is 30.3 Å². The fourth-order valence-electron chi connectivity index (χ4n) is 5.59. The molecule has 6 N–H and O–H groups in total. The summed E-state index contributed by atoms with van der Waals surface area (Å²) in [6, 6.07) is 4.29. The molecule has 0 radical (unpaired) electrons. The summed E-state index contributed by atoms with van der Waals surface area (Å²) in [5.41, 5.74) is 7.27. The molecule has 0 spiro atoms. The Morgan fingerprint density at radius 1 is 1.02 bits per heavy atom. The highest BCUT2D eigenvalue weighted by Gasteiger charge is 2.39. The van der Waals surface area contributed by atoms with Gasteiger partial charge in [0, 0.05) is 25.7 Å². The van der Waals surface area contributed by atoms with E-state index in [4.69, 9.17) is 5.73 Å². The van der Waals surface area contributed by atoms with Gasteiger partial charge in [-0.3, -0.25) is 23.9 Å². The third kappa shape index (κ3) is 8.85. The Bertz CT molecular complexity index is 1320. The molecule has 1 aromatic carbocycles. The van der Waals surface area contributed by atoms with Gasteiger partial charge in [-0.1, -0.05) is 35.5 Å². The molecular formula is C30H42N8O6. The number of carbonyl (C=O) groups excluding carboxylic acids is 4. The van der Waals surface area contributed by atoms with Gasteiger partial charge in [0.05, 0.1) is 11.7 Å². The average molecular weight is 611 g/mol. The molecule has 4 rings (SSSR count). The number of amides is 4. The van der Waals surface area contributed by atoms with E-state index in [9.17, 15) is 29.1 Å². The van der Waals surface area contributed by atoms with Gasteiger partial charge in [0.25, 0.3) is 0 Å². The molecule has 1 saturated heterocycles. The average Bonchev–Trinajstić information content (AvgIpc) is 3.67. The first-order chi connectivity index (χ1) is 21.1. The number of carboxylic acids is 1. The van der Waals surface area contributed by atoms with Gasteiger partial charge >= 0.3 is 5.97 Å². The summed E-state index contributed by atoms with van der Waals surface area (Å²) in [7, 11) is 0. The second kappa shape index (κ2) is 15.4. The first-order valence-corrected chi connectivity index (χ1v) is 15.2. The molecule has 5 atom stereocenters. The zero-order chi connectivity index (χ0) is 31.6. The maximum atomic E-state index is 13.8. The molecule has 2 aromatic rings. The number of fused-ring (bicyclic) bond motifs is 3. The van der Waals surface area contributed by atoms with Crippen molar-refractivity contribution in [1.29, 1.82) is 0 Å². The maximum absolute atomic E-state index is 13.8. The Balaban J connectivity index is 1.61. The third-order valence-corrected chi connectivity index (χ3v) is 8.04. The van der Waals surface area contributed by atoms with Crippen molar-refractivity contribution in [3.05, 3.63) is 47.8 Å². The largest absolute Gasteiger partial charge is 0.480 e. The van der Waals surface area contributed by atoms with Crippen LogP contribution in [0.25, 0.3) is 0 Å². The summed E-state index contributed by atoms with van der Waals surface area (Å²) in [4.78, 5) is 67.0. The minimum Gasteiger partial charge on any atom is -0.480 e. The standard InChI is InChI=1S/C30H42N8O6/c1-19(31)26(39)32-22-13-7-11-21-18-37(36-35-21)15-6-5-12-23(30(43)44)33-27(40)24(17-20-9-3-2-4-10-20)34-28(41)25-14-8-16-38(25)29(22)42/h2-4,9-10,18-19,22-25H,5-8,11-17,31H2,1H3,(H,32,39)(H,33,40)(H,34,41)(H,43,44). The number of hydrogen-bond acceptors (Lipinski definition) is 8. The number of carbonyl (C=O) groups is 5. The Morgan fingerprint density at radius 3 is 2.52 bits per heavy atom. The van der Waals surface area contributed by atoms with Crippen LogP contribution in [0.5, 0.6) is 0 Å². The molecular weight excluding hydrogens is 568 g/mol. The minimum atomic E-state index is -1.17. The van der Waals surface area contributed by atoms with Crippen molar-refractivity contribution in [2.45, 2.75) is 101 Å². The van der Waals surface area contributed by atoms with Crippen LogP contribution in [0.15, 0.2) is 36.5 Å². The first-order valence-electron chi connectivity index (χ1n) is 15.2. The van der Waals surface area contributed by atoms with Crippen LogP contribution in [0.4, 0.5) is 0 Å². The number of aryl methyl sites for hydroxylation is 2. The van der Waals surface area contributed by atoms with Crippen LogP contribution in [-0.2, 0) is 43.4 Å². The fourth-order valence-corrected chi connectivity index (χ4v) is 5.59. The van der Waals surface area contributed by atoms with E-state index in [0.717, 1.165) is 11.3 Å². The smallest absolute Gasteiger partial charge is 0.326 e. The number of nitrogens with two attached hydrogens (primary N) is 1. The molecule has 44 heavy (non-hydrogen) atoms. The molecule has 14 heteroatoms. The van der Waals surface area contributed by atoms with E-state index in [0.29, 0.717) is 58.0 Å². The molecule has 5 unspecified atom stereocenters. The van der Waals surface area contributed by atoms with E-state index >= 15 is 0 Å². The van der Waals surface area contributed by atoms with Crippen LogP contribution in [-0.4, -0.2) is 91.4 Å². The Hall–Kier alpha value is -4.33. The van der Waals surface area contributed by atoms with Crippen LogP contribution in [0.3, 0.4) is 0 Å². The van der Waals surface area contributed by atoms with Gasteiger partial charge < -0.3 is 31.7 Å². The molecule has 0 saturated carbocycles. The predicted octanol–water partition coefficient (Wildman–Crippen LogP) is -0.0954. The van der Waals surface area contributed by atoms with E-state index in [-0.39, 0.29) is 12.8 Å². The van der Waals surface area contributed by atoms with Crippen molar-refractivity contribution in [1.82, 2.24) is 35.8 Å². The van der Waals surface area contributed by atoms with E-state index in [1.54, 1.807) is 10.9 Å². The quantitative estimate of drug-likeness (QED) is 0.307. The van der Waals surface area contributed by atoms with Gasteiger partial charge in [-0.05, 0) is 63.9 Å². The second-order valence-corrected chi connectivity index (χ2v) is 11.6. The molecule has 1 aromatic heterocycles. The van der Waals surface area contributed by atoms with Gasteiger partial charge in [-0.2, -0.15) is 0 Å². The number of rotatable bonds is 5. The van der Waals surface area contributed by atoms with Crippen molar-refractivity contribution >= 4 is 29.6 Å². The SMILES string of the molecule is CC(N)C(=O)NC1CCCc2cn(nn2)CCCCC(C(=O)O)NC(=O)C(Cc2ccccc2)NC(=O)C2CCCN2C1=O. The molecule has 3 heterocycles. The fraction of sp³-hybridized carbons (Fsp3) is 0.567. The monoisotopic (exact) mass is 610 g/mol. The van der Waals surface area contributed by atoms with Gasteiger partial charge in [0.2, 0.25) is 23.6 Å². The minimum absolute atomic E-state index is 0.132. The number of nitrogens with zero attached hydrogens (tertiary/aromatic N) is 4. The lowest BCUT2D eigenvalue weighted by atomic mass is 10.0. The maximum Gasteiger partial charge on any atom is 0.326 e. The van der Waals surface area contributed by atoms with Gasteiger partial charge in [0.1, 0.15) is 24.2 Å². The van der Waals surface area contributed by atoms with Crippen molar-refractivity contribution in [3.63, 3.8) is 0 Å². The molecule has 2 bridgehead atoms. The van der Waals surface area contributed by atoms with Gasteiger partial charge in [-0.25, -0.2) is 4.79 Å². The molecule has 0 aliphatic carbocycles. The van der Waals surface area contributed by atoms with E-state index in [1.165, 1.54) is 11.8 Å². The Morgan fingerprint density at radius 2 is 1.80 bits per heavy atom. The lowest BCUT2D eigenvalue weighted by molar-refractivity contribution is -0.143. The highest BCUT2D eigenvalue weighted by molar-refractivity contribution is 5.95. The van der Waals surface area contributed by atoms with Crippen LogP contribution in [0.2, 0.25) is 0 Å². The lowest BCUT2D eigenvalue weighted by Crippen LogP contribution is -2.58. The van der Waals surface area contributed by atoms with E-state index < -0.39 is 59.8 Å². The highest BCUT2D eigenvalue weighted by Crippen LogP contribution is 2.21. The molecule has 4 amide bonds. The Labute approximate surface area is 256 Å². The summed E-state index contributed by atoms with van der Waals surface area (Å²) in [5.74, 6) is -3.17. The lowest BCUT2D eigenvalue weighted by Gasteiger charge is -2.30. The number of carboxylic acid groups (broad SMARTS) is 1. The summed E-state index contributed by atoms with van der Waals surface area (Å²) in [6.45, 7) is 2.36. The van der Waals surface area contributed by atoms with Crippen LogP contribution < -0.4 is 21.7 Å². The number of aliphatic carboxylic acids is 1. The number of aromatic nitrogens is 3. The van der Waals surface area contributed by atoms with Crippen LogP contribution in [0.1, 0.15) is 63.1 Å². The molecule has 1 fully saturated rings. The Kier molecular flexibility index (Phi) is 11.4. The molecule has 238 valence electrons. The number of benzene rings is 1. The van der Waals surface area contributed by atoms with E-state index in [2.05, 4.69) is 26.3 Å². The number of nitrogens with one attached hydrogen (secondary N) is 3. The summed E-state index contributed by atoms with van der Waals surface area (Å²) in [5, 5.41) is 26.3. The normalized spacial score (nSPS) is 24.9. The molecule has 2 aliphatic rings. The first kappa shape index (κ1) is 32.6. The topological polar surface area (TPSA) is 202 Å². The summed E-state index contributed by atoms with van der Waals surface area (Å²) in [6.07, 6.45) is 5.58. The third-order valence-electron chi connectivity index (χ3n) is 8.04. The summed E-state index contributed by atoms with van der Waals surface area (Å²) >= 11 is 0. The molecule has 2 aliphatic heterocycles. The zero-order valence-corrected chi connectivity index (χ0v) is 25.0. The van der Waals surface area contributed by atoms with Crippen LogP contribution in [0, 0.1) is 0 Å². The number of hydrogen-bond donors (Lipinski definition) is 5.